The van der Waals surface area contributed by atoms with Gasteiger partial charge in [-0.05, 0) is 49.2 Å². The average Bonchev–Trinajstić information content (AvgIpc) is 2.74. The summed E-state index contributed by atoms with van der Waals surface area (Å²) in [5.74, 6) is -0.320. The van der Waals surface area contributed by atoms with Crippen LogP contribution < -0.4 is 4.31 Å². The Kier molecular flexibility index (Phi) is 7.03. The Morgan fingerprint density at radius 2 is 1.58 bits per heavy atom. The van der Waals surface area contributed by atoms with E-state index in [4.69, 9.17) is 11.6 Å². The second kappa shape index (κ2) is 9.54. The number of carbonyl (C=O) groups excluding carboxylic acids is 1. The van der Waals surface area contributed by atoms with Gasteiger partial charge in [-0.1, -0.05) is 65.7 Å². The first kappa shape index (κ1) is 22.8. The van der Waals surface area contributed by atoms with Gasteiger partial charge in [0.05, 0.1) is 10.6 Å². The molecule has 0 aliphatic rings. The summed E-state index contributed by atoms with van der Waals surface area (Å²) < 4.78 is 28.2. The Labute approximate surface area is 188 Å². The van der Waals surface area contributed by atoms with E-state index in [9.17, 15) is 13.2 Å². The van der Waals surface area contributed by atoms with Gasteiger partial charge >= 0.3 is 0 Å². The summed E-state index contributed by atoms with van der Waals surface area (Å²) in [5, 5.41) is 0.398. The van der Waals surface area contributed by atoms with E-state index in [0.29, 0.717) is 22.8 Å². The Morgan fingerprint density at radius 1 is 0.935 bits per heavy atom. The number of hydrogen-bond acceptors (Lipinski definition) is 3. The van der Waals surface area contributed by atoms with Crippen molar-refractivity contribution in [2.75, 3.05) is 17.9 Å². The number of rotatable bonds is 7. The minimum atomic E-state index is -3.98. The molecule has 3 rings (SSSR count). The second-order valence-corrected chi connectivity index (χ2v) is 9.79. The lowest BCUT2D eigenvalue weighted by atomic mass is 10.2. The number of halogens is 1. The topological polar surface area (TPSA) is 57.7 Å². The summed E-state index contributed by atoms with van der Waals surface area (Å²) in [5.41, 5.74) is 3.00. The molecule has 0 aliphatic carbocycles. The Hall–Kier alpha value is -2.83. The summed E-state index contributed by atoms with van der Waals surface area (Å²) in [6.07, 6.45) is 0. The number of likely N-dealkylation sites (N-methyl/N-ethyl adjacent to an activating group) is 1. The van der Waals surface area contributed by atoms with Crippen LogP contribution in [0.25, 0.3) is 0 Å². The predicted octanol–water partition coefficient (Wildman–Crippen LogP) is 4.81. The van der Waals surface area contributed by atoms with Gasteiger partial charge in [-0.15, -0.1) is 0 Å². The highest BCUT2D eigenvalue weighted by Crippen LogP contribution is 2.29. The van der Waals surface area contributed by atoms with Crippen molar-refractivity contribution in [2.45, 2.75) is 25.3 Å². The molecule has 0 aliphatic heterocycles. The molecule has 3 aromatic carbocycles. The zero-order chi connectivity index (χ0) is 22.6. The van der Waals surface area contributed by atoms with Gasteiger partial charge in [0.1, 0.15) is 6.54 Å². The Morgan fingerprint density at radius 3 is 2.23 bits per heavy atom. The average molecular weight is 457 g/mol. The van der Waals surface area contributed by atoms with Crippen LogP contribution in [0.15, 0.2) is 77.7 Å². The number of hydrogen-bond donors (Lipinski definition) is 0. The molecule has 1 amide bonds. The number of carbonyl (C=O) groups is 1. The van der Waals surface area contributed by atoms with Crippen molar-refractivity contribution in [3.63, 3.8) is 0 Å². The van der Waals surface area contributed by atoms with Crippen LogP contribution in [-0.4, -0.2) is 32.8 Å². The monoisotopic (exact) mass is 456 g/mol. The largest absolute Gasteiger partial charge is 0.340 e. The number of anilines is 1. The van der Waals surface area contributed by atoms with Crippen molar-refractivity contribution < 1.29 is 13.2 Å². The normalized spacial score (nSPS) is 11.2. The van der Waals surface area contributed by atoms with Crippen LogP contribution >= 0.6 is 11.6 Å². The molecule has 0 saturated heterocycles. The molecule has 3 aromatic rings. The lowest BCUT2D eigenvalue weighted by molar-refractivity contribution is -0.128. The van der Waals surface area contributed by atoms with E-state index in [0.717, 1.165) is 15.4 Å². The SMILES string of the molecule is Cc1ccc(S(=O)(=O)N(CC(=O)N(C)Cc2ccccc2)c2cc(Cl)ccc2C)cc1. The summed E-state index contributed by atoms with van der Waals surface area (Å²) in [6, 6.07) is 21.1. The maximum atomic E-state index is 13.5. The second-order valence-electron chi connectivity index (χ2n) is 7.49. The number of amides is 1. The van der Waals surface area contributed by atoms with Crippen molar-refractivity contribution in [1.82, 2.24) is 4.90 Å². The van der Waals surface area contributed by atoms with Gasteiger partial charge in [-0.2, -0.15) is 0 Å². The quantitative estimate of drug-likeness (QED) is 0.512. The van der Waals surface area contributed by atoms with E-state index in [-0.39, 0.29) is 17.3 Å². The summed E-state index contributed by atoms with van der Waals surface area (Å²) in [7, 11) is -2.32. The van der Waals surface area contributed by atoms with Crippen molar-refractivity contribution >= 4 is 33.2 Å². The van der Waals surface area contributed by atoms with Crippen LogP contribution in [0.5, 0.6) is 0 Å². The molecule has 0 N–H and O–H groups in total. The Balaban J connectivity index is 1.97. The molecular weight excluding hydrogens is 432 g/mol. The smallest absolute Gasteiger partial charge is 0.264 e. The highest BCUT2D eigenvalue weighted by molar-refractivity contribution is 7.92. The van der Waals surface area contributed by atoms with Crippen molar-refractivity contribution in [3.05, 3.63) is 94.5 Å². The highest BCUT2D eigenvalue weighted by Gasteiger charge is 2.29. The first-order chi connectivity index (χ1) is 14.7. The van der Waals surface area contributed by atoms with E-state index in [2.05, 4.69) is 0 Å². The predicted molar refractivity (Wildman–Crippen MR) is 125 cm³/mol. The zero-order valence-corrected chi connectivity index (χ0v) is 19.3. The highest BCUT2D eigenvalue weighted by atomic mass is 35.5. The first-order valence-electron chi connectivity index (χ1n) is 9.82. The molecule has 0 heterocycles. The molecule has 0 bridgehead atoms. The first-order valence-corrected chi connectivity index (χ1v) is 11.6. The van der Waals surface area contributed by atoms with Crippen LogP contribution in [0.4, 0.5) is 5.69 Å². The molecule has 5 nitrogen and oxygen atoms in total. The molecule has 0 atom stereocenters. The van der Waals surface area contributed by atoms with E-state index in [1.54, 1.807) is 56.4 Å². The number of benzene rings is 3. The molecule has 0 unspecified atom stereocenters. The van der Waals surface area contributed by atoms with Gasteiger partial charge < -0.3 is 4.90 Å². The maximum absolute atomic E-state index is 13.5. The van der Waals surface area contributed by atoms with Crippen LogP contribution in [-0.2, 0) is 21.4 Å². The number of nitrogens with zero attached hydrogens (tertiary/aromatic N) is 2. The number of aryl methyl sites for hydroxylation is 2. The van der Waals surface area contributed by atoms with E-state index >= 15 is 0 Å². The minimum Gasteiger partial charge on any atom is -0.340 e. The van der Waals surface area contributed by atoms with E-state index < -0.39 is 10.0 Å². The van der Waals surface area contributed by atoms with Gasteiger partial charge in [-0.25, -0.2) is 8.42 Å². The summed E-state index contributed by atoms with van der Waals surface area (Å²) >= 11 is 6.17. The van der Waals surface area contributed by atoms with Crippen LogP contribution in [0.2, 0.25) is 5.02 Å². The fraction of sp³-hybridized carbons (Fsp3) is 0.208. The van der Waals surface area contributed by atoms with Crippen molar-refractivity contribution in [3.8, 4) is 0 Å². The molecule has 0 spiro atoms. The molecule has 7 heteroatoms. The standard InChI is InChI=1S/C24H25ClN2O3S/c1-18-9-13-22(14-10-18)31(29,30)27(23-15-21(25)12-11-19(23)2)17-24(28)26(3)16-20-7-5-4-6-8-20/h4-15H,16-17H2,1-3H3. The Bertz CT molecular complexity index is 1160. The zero-order valence-electron chi connectivity index (χ0n) is 17.7. The van der Waals surface area contributed by atoms with Crippen molar-refractivity contribution in [2.24, 2.45) is 0 Å². The third kappa shape index (κ3) is 5.46. The van der Waals surface area contributed by atoms with Crippen LogP contribution in [0.3, 0.4) is 0 Å². The third-order valence-corrected chi connectivity index (χ3v) is 7.03. The maximum Gasteiger partial charge on any atom is 0.264 e. The summed E-state index contributed by atoms with van der Waals surface area (Å²) in [4.78, 5) is 14.7. The fourth-order valence-corrected chi connectivity index (χ4v) is 4.81. The van der Waals surface area contributed by atoms with Gasteiger partial charge in [0.15, 0.2) is 0 Å². The van der Waals surface area contributed by atoms with Gasteiger partial charge in [-0.3, -0.25) is 9.10 Å². The molecule has 0 aromatic heterocycles. The van der Waals surface area contributed by atoms with Crippen LogP contribution in [0, 0.1) is 13.8 Å². The lowest BCUT2D eigenvalue weighted by Gasteiger charge is -2.28. The molecular formula is C24H25ClN2O3S. The molecule has 0 fully saturated rings. The van der Waals surface area contributed by atoms with E-state index in [1.807, 2.05) is 37.3 Å². The summed E-state index contributed by atoms with van der Waals surface area (Å²) in [6.45, 7) is 3.73. The lowest BCUT2D eigenvalue weighted by Crippen LogP contribution is -2.41. The number of sulfonamides is 1. The van der Waals surface area contributed by atoms with Gasteiger partial charge in [0, 0.05) is 18.6 Å². The molecule has 0 saturated carbocycles. The molecule has 31 heavy (non-hydrogen) atoms. The van der Waals surface area contributed by atoms with Crippen LogP contribution in [0.1, 0.15) is 16.7 Å². The third-order valence-electron chi connectivity index (χ3n) is 5.02. The molecule has 0 radical (unpaired) electrons. The fourth-order valence-electron chi connectivity index (χ4n) is 3.18. The van der Waals surface area contributed by atoms with E-state index in [1.165, 1.54) is 4.90 Å². The van der Waals surface area contributed by atoms with Gasteiger partial charge in [0.25, 0.3) is 10.0 Å². The minimum absolute atomic E-state index is 0.121. The van der Waals surface area contributed by atoms with Gasteiger partial charge in [0.2, 0.25) is 5.91 Å². The molecule has 162 valence electrons. The van der Waals surface area contributed by atoms with Crippen molar-refractivity contribution in [1.29, 1.82) is 0 Å².